The van der Waals surface area contributed by atoms with Crippen molar-refractivity contribution in [2.24, 2.45) is 11.8 Å². The molecular weight excluding hydrogens is 374 g/mol. The first-order chi connectivity index (χ1) is 12.9. The van der Waals surface area contributed by atoms with E-state index in [9.17, 15) is 14.7 Å². The van der Waals surface area contributed by atoms with E-state index in [-0.39, 0.29) is 22.9 Å². The summed E-state index contributed by atoms with van der Waals surface area (Å²) in [5.41, 5.74) is 0.495. The molecule has 9 heteroatoms. The smallest absolute Gasteiger partial charge is 0.306 e. The molecule has 0 spiro atoms. The van der Waals surface area contributed by atoms with Gasteiger partial charge in [0.2, 0.25) is 11.2 Å². The number of aromatic nitrogens is 2. The average Bonchev–Trinajstić information content (AvgIpc) is 2.66. The molecule has 1 aliphatic rings. The van der Waals surface area contributed by atoms with Gasteiger partial charge in [0.15, 0.2) is 11.5 Å². The van der Waals surface area contributed by atoms with Crippen molar-refractivity contribution < 1.29 is 24.2 Å². The lowest BCUT2D eigenvalue weighted by Crippen LogP contribution is -2.31. The summed E-state index contributed by atoms with van der Waals surface area (Å²) < 4.78 is 10.6. The van der Waals surface area contributed by atoms with E-state index in [0.717, 1.165) is 0 Å². The van der Waals surface area contributed by atoms with Gasteiger partial charge in [0, 0.05) is 17.4 Å². The molecule has 1 aromatic carbocycles. The zero-order valence-corrected chi connectivity index (χ0v) is 15.7. The zero-order valence-electron chi connectivity index (χ0n) is 15.0. The Morgan fingerprint density at radius 3 is 2.48 bits per heavy atom. The number of halogens is 1. The summed E-state index contributed by atoms with van der Waals surface area (Å²) in [6, 6.07) is 3.32. The molecule has 0 bridgehead atoms. The topological polar surface area (TPSA) is 111 Å². The highest BCUT2D eigenvalue weighted by atomic mass is 35.5. The second kappa shape index (κ2) is 7.96. The number of anilines is 1. The number of carbonyl (C=O) groups is 2. The maximum atomic E-state index is 12.7. The van der Waals surface area contributed by atoms with Crippen molar-refractivity contribution in [1.29, 1.82) is 0 Å². The summed E-state index contributed by atoms with van der Waals surface area (Å²) in [5.74, 6) is -0.808. The number of carboxylic acid groups (broad SMARTS) is 1. The minimum Gasteiger partial charge on any atom is -0.493 e. The summed E-state index contributed by atoms with van der Waals surface area (Å²) in [6.07, 6.45) is 2.25. The molecule has 144 valence electrons. The number of benzene rings is 1. The van der Waals surface area contributed by atoms with Crippen LogP contribution in [0, 0.1) is 11.8 Å². The van der Waals surface area contributed by atoms with Crippen LogP contribution in [0.5, 0.6) is 11.5 Å². The summed E-state index contributed by atoms with van der Waals surface area (Å²) >= 11 is 6.00. The Balaban J connectivity index is 1.91. The van der Waals surface area contributed by atoms with Gasteiger partial charge in [0.25, 0.3) is 0 Å². The molecule has 8 nitrogen and oxygen atoms in total. The molecule has 2 N–H and O–H groups in total. The van der Waals surface area contributed by atoms with E-state index in [1.54, 1.807) is 12.1 Å². The summed E-state index contributed by atoms with van der Waals surface area (Å²) in [4.78, 5) is 32.2. The van der Waals surface area contributed by atoms with Gasteiger partial charge in [-0.2, -0.15) is 4.98 Å². The Morgan fingerprint density at radius 2 is 1.81 bits per heavy atom. The molecule has 0 aliphatic heterocycles. The minimum atomic E-state index is -0.861. The second-order valence-corrected chi connectivity index (χ2v) is 6.79. The molecule has 1 heterocycles. The first kappa shape index (κ1) is 19.2. The molecule has 1 fully saturated rings. The van der Waals surface area contributed by atoms with Crippen molar-refractivity contribution in [3.05, 3.63) is 17.4 Å². The monoisotopic (exact) mass is 393 g/mol. The SMILES string of the molecule is COc1cc2nc(Cl)nc(NC(=O)[C@@H]3CCC[C@H](C(=O)O)C3)c2cc1OC. The van der Waals surface area contributed by atoms with E-state index >= 15 is 0 Å². The number of carbonyl (C=O) groups excluding carboxylic acids is 1. The van der Waals surface area contributed by atoms with E-state index in [1.807, 2.05) is 0 Å². The summed E-state index contributed by atoms with van der Waals surface area (Å²) in [7, 11) is 3.02. The van der Waals surface area contributed by atoms with Crippen LogP contribution in [0.4, 0.5) is 5.82 Å². The van der Waals surface area contributed by atoms with Crippen molar-refractivity contribution in [3.8, 4) is 11.5 Å². The van der Waals surface area contributed by atoms with Crippen LogP contribution >= 0.6 is 11.6 Å². The van der Waals surface area contributed by atoms with Gasteiger partial charge in [0.05, 0.1) is 25.7 Å². The van der Waals surface area contributed by atoms with Crippen molar-refractivity contribution in [1.82, 2.24) is 9.97 Å². The highest BCUT2D eigenvalue weighted by Crippen LogP contribution is 2.35. The number of nitrogens with one attached hydrogen (secondary N) is 1. The lowest BCUT2D eigenvalue weighted by molar-refractivity contribution is -0.143. The molecule has 1 saturated carbocycles. The molecule has 1 aromatic heterocycles. The number of fused-ring (bicyclic) bond motifs is 1. The number of nitrogens with zero attached hydrogens (tertiary/aromatic N) is 2. The number of methoxy groups -OCH3 is 2. The third-order valence-electron chi connectivity index (χ3n) is 4.81. The van der Waals surface area contributed by atoms with Gasteiger partial charge in [-0.1, -0.05) is 6.42 Å². The highest BCUT2D eigenvalue weighted by Gasteiger charge is 2.31. The van der Waals surface area contributed by atoms with Crippen LogP contribution in [-0.4, -0.2) is 41.2 Å². The highest BCUT2D eigenvalue weighted by molar-refractivity contribution is 6.29. The molecular formula is C18H20ClN3O5. The van der Waals surface area contributed by atoms with Crippen LogP contribution in [0.15, 0.2) is 12.1 Å². The minimum absolute atomic E-state index is 0.0166. The Bertz CT molecular complexity index is 889. The fourth-order valence-electron chi connectivity index (χ4n) is 3.39. The van der Waals surface area contributed by atoms with E-state index in [2.05, 4.69) is 15.3 Å². The Hall–Kier alpha value is -2.61. The van der Waals surface area contributed by atoms with Crippen LogP contribution < -0.4 is 14.8 Å². The normalized spacial score (nSPS) is 19.5. The second-order valence-electron chi connectivity index (χ2n) is 6.45. The van der Waals surface area contributed by atoms with Crippen LogP contribution in [-0.2, 0) is 9.59 Å². The lowest BCUT2D eigenvalue weighted by atomic mass is 9.81. The maximum Gasteiger partial charge on any atom is 0.306 e. The van der Waals surface area contributed by atoms with Crippen LogP contribution in [0.2, 0.25) is 5.28 Å². The first-order valence-corrected chi connectivity index (χ1v) is 8.93. The Morgan fingerprint density at radius 1 is 1.15 bits per heavy atom. The average molecular weight is 394 g/mol. The molecule has 0 unspecified atom stereocenters. The molecule has 0 radical (unpaired) electrons. The molecule has 1 aliphatic carbocycles. The number of rotatable bonds is 5. The van der Waals surface area contributed by atoms with Crippen molar-refractivity contribution in [2.45, 2.75) is 25.7 Å². The summed E-state index contributed by atoms with van der Waals surface area (Å²) in [5, 5.41) is 12.5. The van der Waals surface area contributed by atoms with Gasteiger partial charge < -0.3 is 19.9 Å². The Labute approximate surface area is 160 Å². The van der Waals surface area contributed by atoms with Crippen molar-refractivity contribution in [2.75, 3.05) is 19.5 Å². The fourth-order valence-corrected chi connectivity index (χ4v) is 3.57. The van der Waals surface area contributed by atoms with Gasteiger partial charge >= 0.3 is 5.97 Å². The molecule has 27 heavy (non-hydrogen) atoms. The van der Waals surface area contributed by atoms with Crippen LogP contribution in [0.1, 0.15) is 25.7 Å². The first-order valence-electron chi connectivity index (χ1n) is 8.56. The van der Waals surface area contributed by atoms with Gasteiger partial charge in [-0.25, -0.2) is 4.98 Å². The number of carboxylic acids is 1. The molecule has 2 atom stereocenters. The summed E-state index contributed by atoms with van der Waals surface area (Å²) in [6.45, 7) is 0. The van der Waals surface area contributed by atoms with Gasteiger partial charge in [-0.15, -0.1) is 0 Å². The molecule has 0 saturated heterocycles. The van der Waals surface area contributed by atoms with Gasteiger partial charge in [-0.3, -0.25) is 9.59 Å². The Kier molecular flexibility index (Phi) is 5.65. The van der Waals surface area contributed by atoms with Crippen LogP contribution in [0.3, 0.4) is 0 Å². The van der Waals surface area contributed by atoms with Crippen LogP contribution in [0.25, 0.3) is 10.9 Å². The maximum absolute atomic E-state index is 12.7. The third kappa shape index (κ3) is 4.05. The quantitative estimate of drug-likeness (QED) is 0.750. The number of hydrogen-bond acceptors (Lipinski definition) is 6. The van der Waals surface area contributed by atoms with E-state index in [1.165, 1.54) is 14.2 Å². The van der Waals surface area contributed by atoms with Gasteiger partial charge in [-0.05, 0) is 36.9 Å². The van der Waals surface area contributed by atoms with Crippen molar-refractivity contribution >= 4 is 40.2 Å². The number of aliphatic carboxylic acids is 1. The number of hydrogen-bond donors (Lipinski definition) is 2. The molecule has 3 rings (SSSR count). The van der Waals surface area contributed by atoms with E-state index in [4.69, 9.17) is 21.1 Å². The van der Waals surface area contributed by atoms with E-state index < -0.39 is 11.9 Å². The fraction of sp³-hybridized carbons (Fsp3) is 0.444. The molecule has 1 amide bonds. The largest absolute Gasteiger partial charge is 0.493 e. The molecule has 2 aromatic rings. The standard InChI is InChI=1S/C18H20ClN3O5/c1-26-13-7-11-12(8-14(13)27-2)20-18(19)22-15(11)21-16(23)9-4-3-5-10(6-9)17(24)25/h7-10H,3-6H2,1-2H3,(H,24,25)(H,20,21,22,23)/t9-,10+/m1/s1. The van der Waals surface area contributed by atoms with E-state index in [0.29, 0.717) is 48.1 Å². The zero-order chi connectivity index (χ0) is 19.6. The van der Waals surface area contributed by atoms with Gasteiger partial charge in [0.1, 0.15) is 5.82 Å². The predicted molar refractivity (Wildman–Crippen MR) is 99.4 cm³/mol. The number of ether oxygens (including phenoxy) is 2. The lowest BCUT2D eigenvalue weighted by Gasteiger charge is -2.25. The third-order valence-corrected chi connectivity index (χ3v) is 4.98. The number of amides is 1. The van der Waals surface area contributed by atoms with Crippen molar-refractivity contribution in [3.63, 3.8) is 0 Å². The predicted octanol–water partition coefficient (Wildman–Crippen LogP) is 3.13.